The molecular weight excluding hydrogens is 530 g/mol. The van der Waals surface area contributed by atoms with E-state index in [1.165, 1.54) is 70.6 Å². The van der Waals surface area contributed by atoms with Gasteiger partial charge in [-0.25, -0.2) is 0 Å². The molecule has 8 N–H and O–H groups in total. The topological polar surface area (TPSA) is 108 Å². The standard InChI is InChI=1S/C37H73N5O/c1-26(2)33(39)13-10-27(3)30-11-12-31-35-32(15-17-37(30,31)5)36(4)16-14-29(24-28(36)25-34(35)43)42-23-9-22-41-20-7-6-19-40-21-8-18-38/h26-35,40-43H,6-25,38-39H2,1-5H3/t27-,28-,29-,30-,31+,32+,33?,34+,35+,36+,37-/m1/s1. The molecule has 6 nitrogen and oxygen atoms in total. The van der Waals surface area contributed by atoms with Crippen molar-refractivity contribution in [2.75, 3.05) is 39.3 Å². The lowest BCUT2D eigenvalue weighted by molar-refractivity contribution is -0.167. The van der Waals surface area contributed by atoms with Gasteiger partial charge in [-0.1, -0.05) is 34.6 Å². The summed E-state index contributed by atoms with van der Waals surface area (Å²) in [5.74, 6) is 4.73. The minimum atomic E-state index is -0.102. The van der Waals surface area contributed by atoms with Gasteiger partial charge in [0, 0.05) is 12.1 Å². The molecule has 4 aliphatic rings. The Kier molecular flexibility index (Phi) is 13.7. The average Bonchev–Trinajstić information content (AvgIpc) is 3.34. The molecular formula is C37H73N5O. The lowest BCUT2D eigenvalue weighted by atomic mass is 9.43. The van der Waals surface area contributed by atoms with Crippen molar-refractivity contribution in [2.45, 2.75) is 143 Å². The Labute approximate surface area is 266 Å². The first kappa shape index (κ1) is 35.6. The Bertz CT molecular complexity index is 810. The quantitative estimate of drug-likeness (QED) is 0.113. The van der Waals surface area contributed by atoms with E-state index >= 15 is 0 Å². The van der Waals surface area contributed by atoms with Gasteiger partial charge in [0.15, 0.2) is 0 Å². The van der Waals surface area contributed by atoms with Crippen LogP contribution in [-0.2, 0) is 0 Å². The van der Waals surface area contributed by atoms with Crippen LogP contribution in [0.5, 0.6) is 0 Å². The van der Waals surface area contributed by atoms with Gasteiger partial charge < -0.3 is 32.5 Å². The Balaban J connectivity index is 1.20. The normalized spacial score (nSPS) is 38.9. The SMILES string of the molecule is CC(C)C(N)CC[C@@H](C)[C@H]1CC[C@H]2[C@@H]3[C@@H](O)C[C@H]4C[C@H](NCCCNCCCCNCCCN)CC[C@]4(C)[C@H]3CC[C@]12C. The van der Waals surface area contributed by atoms with Gasteiger partial charge in [-0.3, -0.25) is 0 Å². The summed E-state index contributed by atoms with van der Waals surface area (Å²) in [4.78, 5) is 0. The van der Waals surface area contributed by atoms with Crippen LogP contribution in [0.1, 0.15) is 125 Å². The summed E-state index contributed by atoms with van der Waals surface area (Å²) < 4.78 is 0. The largest absolute Gasteiger partial charge is 0.393 e. The predicted octanol–water partition coefficient (Wildman–Crippen LogP) is 5.67. The summed E-state index contributed by atoms with van der Waals surface area (Å²) in [6.45, 7) is 18.6. The highest BCUT2D eigenvalue weighted by Crippen LogP contribution is 2.68. The molecule has 4 rings (SSSR count). The van der Waals surface area contributed by atoms with E-state index in [9.17, 15) is 5.11 Å². The zero-order valence-electron chi connectivity index (χ0n) is 29.0. The first-order valence-electron chi connectivity index (χ1n) is 18.9. The lowest BCUT2D eigenvalue weighted by Crippen LogP contribution is -2.59. The average molecular weight is 604 g/mol. The van der Waals surface area contributed by atoms with Gasteiger partial charge in [-0.15, -0.1) is 0 Å². The fraction of sp³-hybridized carbons (Fsp3) is 1.00. The van der Waals surface area contributed by atoms with E-state index in [1.807, 2.05) is 0 Å². The minimum absolute atomic E-state index is 0.102. The van der Waals surface area contributed by atoms with Crippen LogP contribution in [0.3, 0.4) is 0 Å². The summed E-state index contributed by atoms with van der Waals surface area (Å²) in [7, 11) is 0. The zero-order valence-corrected chi connectivity index (χ0v) is 29.0. The number of fused-ring (bicyclic) bond motifs is 5. The highest BCUT2D eigenvalue weighted by atomic mass is 16.3. The number of hydrogen-bond acceptors (Lipinski definition) is 6. The third kappa shape index (κ3) is 8.57. The van der Waals surface area contributed by atoms with Crippen molar-refractivity contribution >= 4 is 0 Å². The van der Waals surface area contributed by atoms with E-state index in [0.29, 0.717) is 52.5 Å². The highest BCUT2D eigenvalue weighted by molar-refractivity contribution is 5.12. The lowest BCUT2D eigenvalue weighted by Gasteiger charge is -2.62. The van der Waals surface area contributed by atoms with Crippen molar-refractivity contribution in [3.05, 3.63) is 0 Å². The first-order valence-corrected chi connectivity index (χ1v) is 18.9. The Morgan fingerprint density at radius 2 is 1.42 bits per heavy atom. The number of nitrogens with two attached hydrogens (primary N) is 2. The molecule has 0 spiro atoms. The van der Waals surface area contributed by atoms with Gasteiger partial charge in [0.1, 0.15) is 0 Å². The van der Waals surface area contributed by atoms with E-state index in [0.717, 1.165) is 70.4 Å². The molecule has 0 aromatic rings. The van der Waals surface area contributed by atoms with Gasteiger partial charge in [-0.05, 0) is 181 Å². The molecule has 4 aliphatic carbocycles. The van der Waals surface area contributed by atoms with E-state index in [4.69, 9.17) is 11.5 Å². The molecule has 43 heavy (non-hydrogen) atoms. The second-order valence-electron chi connectivity index (χ2n) is 16.6. The zero-order chi connectivity index (χ0) is 31.0. The number of nitrogens with one attached hydrogen (secondary N) is 3. The summed E-state index contributed by atoms with van der Waals surface area (Å²) in [5, 5.41) is 22.8. The van der Waals surface area contributed by atoms with Gasteiger partial charge in [0.2, 0.25) is 0 Å². The van der Waals surface area contributed by atoms with Crippen molar-refractivity contribution in [1.82, 2.24) is 16.0 Å². The van der Waals surface area contributed by atoms with Crippen LogP contribution in [0.15, 0.2) is 0 Å². The van der Waals surface area contributed by atoms with E-state index in [1.54, 1.807) is 0 Å². The van der Waals surface area contributed by atoms with Crippen LogP contribution in [0.4, 0.5) is 0 Å². The number of unbranched alkanes of at least 4 members (excludes halogenated alkanes) is 1. The van der Waals surface area contributed by atoms with Gasteiger partial charge in [0.05, 0.1) is 6.10 Å². The molecule has 6 heteroatoms. The van der Waals surface area contributed by atoms with E-state index < -0.39 is 0 Å². The fourth-order valence-electron chi connectivity index (χ4n) is 10.9. The molecule has 11 atom stereocenters. The maximum atomic E-state index is 11.8. The highest BCUT2D eigenvalue weighted by Gasteiger charge is 2.62. The van der Waals surface area contributed by atoms with Crippen molar-refractivity contribution in [3.8, 4) is 0 Å². The fourth-order valence-corrected chi connectivity index (χ4v) is 10.9. The molecule has 252 valence electrons. The van der Waals surface area contributed by atoms with Gasteiger partial charge >= 0.3 is 0 Å². The molecule has 0 bridgehead atoms. The summed E-state index contributed by atoms with van der Waals surface area (Å²) in [6.07, 6.45) is 17.4. The first-order chi connectivity index (χ1) is 20.6. The van der Waals surface area contributed by atoms with Gasteiger partial charge in [0.25, 0.3) is 0 Å². The number of rotatable bonds is 18. The molecule has 0 amide bonds. The monoisotopic (exact) mass is 604 g/mol. The molecule has 4 fully saturated rings. The van der Waals surface area contributed by atoms with Crippen LogP contribution in [0.25, 0.3) is 0 Å². The van der Waals surface area contributed by atoms with E-state index in [2.05, 4.69) is 50.6 Å². The number of hydrogen-bond donors (Lipinski definition) is 6. The van der Waals surface area contributed by atoms with E-state index in [-0.39, 0.29) is 6.10 Å². The maximum Gasteiger partial charge on any atom is 0.0577 e. The number of aliphatic hydroxyl groups excluding tert-OH is 1. The van der Waals surface area contributed by atoms with Crippen LogP contribution >= 0.6 is 0 Å². The smallest absolute Gasteiger partial charge is 0.0577 e. The summed E-state index contributed by atoms with van der Waals surface area (Å²) in [6, 6.07) is 0.959. The van der Waals surface area contributed by atoms with Gasteiger partial charge in [-0.2, -0.15) is 0 Å². The van der Waals surface area contributed by atoms with Crippen LogP contribution in [0.2, 0.25) is 0 Å². The second-order valence-corrected chi connectivity index (χ2v) is 16.6. The Morgan fingerprint density at radius 3 is 2.12 bits per heavy atom. The van der Waals surface area contributed by atoms with Crippen molar-refractivity contribution in [3.63, 3.8) is 0 Å². The van der Waals surface area contributed by atoms with Crippen LogP contribution in [-0.4, -0.2) is 62.6 Å². The molecule has 0 saturated heterocycles. The summed E-state index contributed by atoms with van der Waals surface area (Å²) >= 11 is 0. The van der Waals surface area contributed by atoms with Crippen LogP contribution < -0.4 is 27.4 Å². The molecule has 0 aliphatic heterocycles. The summed E-state index contributed by atoms with van der Waals surface area (Å²) in [5.41, 5.74) is 12.8. The molecule has 0 heterocycles. The minimum Gasteiger partial charge on any atom is -0.393 e. The number of aliphatic hydroxyl groups is 1. The Hall–Kier alpha value is -0.240. The van der Waals surface area contributed by atoms with Crippen molar-refractivity contribution < 1.29 is 5.11 Å². The van der Waals surface area contributed by atoms with Crippen molar-refractivity contribution in [1.29, 1.82) is 0 Å². The van der Waals surface area contributed by atoms with Crippen molar-refractivity contribution in [2.24, 2.45) is 63.7 Å². The Morgan fingerprint density at radius 1 is 0.767 bits per heavy atom. The molecule has 0 aromatic heterocycles. The second kappa shape index (κ2) is 16.5. The third-order valence-electron chi connectivity index (χ3n) is 13.7. The molecule has 0 radical (unpaired) electrons. The molecule has 1 unspecified atom stereocenters. The predicted molar refractivity (Wildman–Crippen MR) is 183 cm³/mol. The molecule has 0 aromatic carbocycles. The third-order valence-corrected chi connectivity index (χ3v) is 13.7. The maximum absolute atomic E-state index is 11.8. The molecule has 4 saturated carbocycles. The van der Waals surface area contributed by atoms with Crippen LogP contribution in [0, 0.1) is 52.3 Å².